The third-order valence-corrected chi connectivity index (χ3v) is 6.30. The Morgan fingerprint density at radius 3 is 2.42 bits per heavy atom. The van der Waals surface area contributed by atoms with Gasteiger partial charge >= 0.3 is 0 Å². The predicted octanol–water partition coefficient (Wildman–Crippen LogP) is 4.79. The summed E-state index contributed by atoms with van der Waals surface area (Å²) in [5.74, 6) is 1.29. The molecule has 3 rings (SSSR count). The SMILES string of the molecule is CCN(CC)CCN(C(=O)COc1ccccc1)c1nc2c(OC)ccc(C)c2s1.Cl. The van der Waals surface area contributed by atoms with Gasteiger partial charge in [0.05, 0.1) is 11.8 Å². The second-order valence-electron chi connectivity index (χ2n) is 6.93. The fraction of sp³-hybridized carbons (Fsp3) is 0.391. The van der Waals surface area contributed by atoms with Crippen molar-refractivity contribution in [1.82, 2.24) is 9.88 Å². The second kappa shape index (κ2) is 11.9. The molecule has 2 aromatic carbocycles. The second-order valence-corrected chi connectivity index (χ2v) is 7.91. The van der Waals surface area contributed by atoms with Crippen LogP contribution < -0.4 is 14.4 Å². The van der Waals surface area contributed by atoms with Gasteiger partial charge < -0.3 is 14.4 Å². The van der Waals surface area contributed by atoms with E-state index in [9.17, 15) is 4.79 Å². The van der Waals surface area contributed by atoms with E-state index in [1.54, 1.807) is 12.0 Å². The Kier molecular flexibility index (Phi) is 9.55. The van der Waals surface area contributed by atoms with Gasteiger partial charge in [-0.3, -0.25) is 9.69 Å². The van der Waals surface area contributed by atoms with E-state index in [-0.39, 0.29) is 24.9 Å². The first-order valence-electron chi connectivity index (χ1n) is 10.2. The average Bonchev–Trinajstić information content (AvgIpc) is 3.22. The molecule has 0 fully saturated rings. The first kappa shape index (κ1) is 24.9. The summed E-state index contributed by atoms with van der Waals surface area (Å²) in [6, 6.07) is 13.3. The number of hydrogen-bond acceptors (Lipinski definition) is 6. The molecule has 8 heteroatoms. The number of aromatic nitrogens is 1. The van der Waals surface area contributed by atoms with Gasteiger partial charge in [0.15, 0.2) is 11.7 Å². The molecule has 0 unspecified atom stereocenters. The highest BCUT2D eigenvalue weighted by atomic mass is 35.5. The van der Waals surface area contributed by atoms with Gasteiger partial charge in [-0.15, -0.1) is 12.4 Å². The number of likely N-dealkylation sites (N-methyl/N-ethyl adjacent to an activating group) is 1. The minimum atomic E-state index is -0.110. The number of carbonyl (C=O) groups excluding carboxylic acids is 1. The molecule has 0 radical (unpaired) electrons. The Bertz CT molecular complexity index is 977. The fourth-order valence-corrected chi connectivity index (χ4v) is 4.32. The van der Waals surface area contributed by atoms with Crippen LogP contribution in [-0.4, -0.2) is 55.7 Å². The zero-order chi connectivity index (χ0) is 21.5. The van der Waals surface area contributed by atoms with Crippen molar-refractivity contribution in [2.75, 3.05) is 44.8 Å². The highest BCUT2D eigenvalue weighted by Gasteiger charge is 2.22. The summed E-state index contributed by atoms with van der Waals surface area (Å²) in [6.45, 7) is 9.46. The monoisotopic (exact) mass is 463 g/mol. The van der Waals surface area contributed by atoms with Crippen molar-refractivity contribution >= 4 is 45.0 Å². The first-order chi connectivity index (χ1) is 14.6. The largest absolute Gasteiger partial charge is 0.494 e. The lowest BCUT2D eigenvalue weighted by Gasteiger charge is -2.24. The molecule has 0 aliphatic rings. The Morgan fingerprint density at radius 2 is 1.77 bits per heavy atom. The molecule has 31 heavy (non-hydrogen) atoms. The maximum absolute atomic E-state index is 13.1. The number of hydrogen-bond donors (Lipinski definition) is 0. The number of methoxy groups -OCH3 is 1. The summed E-state index contributed by atoms with van der Waals surface area (Å²) in [4.78, 5) is 21.9. The number of para-hydroxylation sites is 1. The lowest BCUT2D eigenvalue weighted by molar-refractivity contribution is -0.120. The van der Waals surface area contributed by atoms with Gasteiger partial charge in [0.25, 0.3) is 5.91 Å². The molecule has 0 aliphatic carbocycles. The van der Waals surface area contributed by atoms with Crippen LogP contribution >= 0.6 is 23.7 Å². The van der Waals surface area contributed by atoms with Crippen molar-refractivity contribution in [1.29, 1.82) is 0 Å². The Balaban J connectivity index is 0.00000341. The molecular weight excluding hydrogens is 434 g/mol. The number of aryl methyl sites for hydroxylation is 1. The first-order valence-corrected chi connectivity index (χ1v) is 11.0. The molecule has 0 N–H and O–H groups in total. The van der Waals surface area contributed by atoms with E-state index in [2.05, 4.69) is 18.7 Å². The van der Waals surface area contributed by atoms with Gasteiger partial charge in [-0.1, -0.05) is 49.4 Å². The van der Waals surface area contributed by atoms with E-state index in [0.717, 1.165) is 41.2 Å². The van der Waals surface area contributed by atoms with Crippen LogP contribution in [0.2, 0.25) is 0 Å². The number of carbonyl (C=O) groups is 1. The van der Waals surface area contributed by atoms with E-state index >= 15 is 0 Å². The molecule has 0 bridgehead atoms. The Morgan fingerprint density at radius 1 is 1.06 bits per heavy atom. The number of halogens is 1. The molecule has 0 saturated heterocycles. The third kappa shape index (κ3) is 6.09. The topological polar surface area (TPSA) is 54.9 Å². The van der Waals surface area contributed by atoms with E-state index in [4.69, 9.17) is 14.5 Å². The fourth-order valence-electron chi connectivity index (χ4n) is 3.23. The van der Waals surface area contributed by atoms with Crippen LogP contribution in [0.4, 0.5) is 5.13 Å². The van der Waals surface area contributed by atoms with Crippen LogP contribution in [0, 0.1) is 6.92 Å². The summed E-state index contributed by atoms with van der Waals surface area (Å²) in [5.41, 5.74) is 1.91. The quantitative estimate of drug-likeness (QED) is 0.432. The van der Waals surface area contributed by atoms with Gasteiger partial charge in [0, 0.05) is 13.1 Å². The van der Waals surface area contributed by atoms with Gasteiger partial charge in [-0.25, -0.2) is 4.98 Å². The summed E-state index contributed by atoms with van der Waals surface area (Å²) in [5, 5.41) is 0.673. The molecule has 6 nitrogen and oxygen atoms in total. The molecule has 3 aromatic rings. The standard InChI is InChI=1S/C23H29N3O3S.ClH/c1-5-25(6-2)14-15-26(20(27)16-29-18-10-8-7-9-11-18)23-24-21-19(28-4)13-12-17(3)22(21)30-23;/h7-13H,5-6,14-16H2,1-4H3;1H. The molecular formula is C23H30ClN3O3S. The van der Waals surface area contributed by atoms with Crippen LogP contribution in [0.25, 0.3) is 10.2 Å². The van der Waals surface area contributed by atoms with Gasteiger partial charge in [-0.2, -0.15) is 0 Å². The molecule has 0 aliphatic heterocycles. The van der Waals surface area contributed by atoms with Crippen molar-refractivity contribution in [3.05, 3.63) is 48.0 Å². The zero-order valence-corrected chi connectivity index (χ0v) is 20.1. The number of anilines is 1. The lowest BCUT2D eigenvalue weighted by atomic mass is 10.2. The highest BCUT2D eigenvalue weighted by Crippen LogP contribution is 2.36. The van der Waals surface area contributed by atoms with Gasteiger partial charge in [0.2, 0.25) is 0 Å². The number of thiazole rings is 1. The smallest absolute Gasteiger partial charge is 0.266 e. The van der Waals surface area contributed by atoms with Crippen LogP contribution in [0.1, 0.15) is 19.4 Å². The number of nitrogens with zero attached hydrogens (tertiary/aromatic N) is 3. The van der Waals surface area contributed by atoms with Crippen molar-refractivity contribution < 1.29 is 14.3 Å². The lowest BCUT2D eigenvalue weighted by Crippen LogP contribution is -2.41. The van der Waals surface area contributed by atoms with Crippen LogP contribution in [0.15, 0.2) is 42.5 Å². The van der Waals surface area contributed by atoms with Crippen molar-refractivity contribution in [2.24, 2.45) is 0 Å². The average molecular weight is 464 g/mol. The highest BCUT2D eigenvalue weighted by molar-refractivity contribution is 7.22. The Labute approximate surface area is 194 Å². The molecule has 168 valence electrons. The number of amides is 1. The van der Waals surface area contributed by atoms with Crippen molar-refractivity contribution in [3.8, 4) is 11.5 Å². The van der Waals surface area contributed by atoms with Crippen LogP contribution in [0.5, 0.6) is 11.5 Å². The predicted molar refractivity (Wildman–Crippen MR) is 130 cm³/mol. The number of rotatable bonds is 10. The number of fused-ring (bicyclic) bond motifs is 1. The number of ether oxygens (including phenoxy) is 2. The number of benzene rings is 2. The molecule has 0 atom stereocenters. The zero-order valence-electron chi connectivity index (χ0n) is 18.5. The van der Waals surface area contributed by atoms with Gasteiger partial charge in [0.1, 0.15) is 17.0 Å². The summed E-state index contributed by atoms with van der Waals surface area (Å²) in [6.07, 6.45) is 0. The van der Waals surface area contributed by atoms with Crippen LogP contribution in [-0.2, 0) is 4.79 Å². The minimum absolute atomic E-state index is 0. The van der Waals surface area contributed by atoms with Crippen LogP contribution in [0.3, 0.4) is 0 Å². The van der Waals surface area contributed by atoms with Gasteiger partial charge in [-0.05, 0) is 43.8 Å². The molecule has 0 spiro atoms. The molecule has 1 aromatic heterocycles. The minimum Gasteiger partial charge on any atom is -0.494 e. The third-order valence-electron chi connectivity index (χ3n) is 5.08. The summed E-state index contributed by atoms with van der Waals surface area (Å²) < 4.78 is 12.2. The summed E-state index contributed by atoms with van der Waals surface area (Å²) in [7, 11) is 1.64. The maximum atomic E-state index is 13.1. The molecule has 0 saturated carbocycles. The maximum Gasteiger partial charge on any atom is 0.266 e. The van der Waals surface area contributed by atoms with Crippen molar-refractivity contribution in [2.45, 2.75) is 20.8 Å². The van der Waals surface area contributed by atoms with E-state index in [1.165, 1.54) is 11.3 Å². The molecule has 1 heterocycles. The van der Waals surface area contributed by atoms with E-state index < -0.39 is 0 Å². The Hall–Kier alpha value is -2.35. The summed E-state index contributed by atoms with van der Waals surface area (Å²) >= 11 is 1.52. The van der Waals surface area contributed by atoms with E-state index in [0.29, 0.717) is 17.4 Å². The van der Waals surface area contributed by atoms with E-state index in [1.807, 2.05) is 49.4 Å². The van der Waals surface area contributed by atoms with Crippen molar-refractivity contribution in [3.63, 3.8) is 0 Å². The molecule has 1 amide bonds. The normalized spacial score (nSPS) is 10.7.